The maximum absolute atomic E-state index is 12.4. The third-order valence-electron chi connectivity index (χ3n) is 5.04. The molecule has 0 fully saturated rings. The van der Waals surface area contributed by atoms with Crippen LogP contribution < -0.4 is 20.7 Å². The maximum atomic E-state index is 12.4. The summed E-state index contributed by atoms with van der Waals surface area (Å²) in [5, 5.41) is 8.51. The molecule has 9 nitrogen and oxygen atoms in total. The van der Waals surface area contributed by atoms with Crippen LogP contribution in [-0.4, -0.2) is 33.0 Å². The Balaban J connectivity index is 1.48. The number of pyridine rings is 2. The Morgan fingerprint density at radius 3 is 2.62 bits per heavy atom. The lowest BCUT2D eigenvalue weighted by molar-refractivity contribution is 0.262. The van der Waals surface area contributed by atoms with Gasteiger partial charge in [0.25, 0.3) is 0 Å². The second-order valence-electron chi connectivity index (χ2n) is 7.44. The number of aryl methyl sites for hydroxylation is 2. The van der Waals surface area contributed by atoms with Gasteiger partial charge in [-0.1, -0.05) is 6.92 Å². The molecule has 172 valence electrons. The number of aromatic nitrogens is 4. The Hall–Kier alpha value is -4.53. The number of hydrogen-bond donors (Lipinski definition) is 3. The fraction of sp³-hybridized carbons (Fsp3) is 0.160. The van der Waals surface area contributed by atoms with E-state index < -0.39 is 0 Å². The summed E-state index contributed by atoms with van der Waals surface area (Å²) in [6.45, 7) is 3.95. The Bertz CT molecular complexity index is 1310. The van der Waals surface area contributed by atoms with Crippen molar-refractivity contribution in [2.75, 3.05) is 23.0 Å². The summed E-state index contributed by atoms with van der Waals surface area (Å²) in [7, 11) is 1.76. The van der Waals surface area contributed by atoms with E-state index in [0.29, 0.717) is 34.8 Å². The second kappa shape index (κ2) is 10.4. The minimum atomic E-state index is -0.370. The predicted molar refractivity (Wildman–Crippen MR) is 132 cm³/mol. The highest BCUT2D eigenvalue weighted by molar-refractivity contribution is 5.99. The van der Waals surface area contributed by atoms with E-state index in [1.165, 1.54) is 0 Å². The van der Waals surface area contributed by atoms with Crippen molar-refractivity contribution in [3.63, 3.8) is 0 Å². The first-order chi connectivity index (χ1) is 16.6. The van der Waals surface area contributed by atoms with Crippen LogP contribution in [0.2, 0.25) is 0 Å². The summed E-state index contributed by atoms with van der Waals surface area (Å²) in [5.74, 6) is 2.05. The minimum absolute atomic E-state index is 0.370. The van der Waals surface area contributed by atoms with E-state index in [-0.39, 0.29) is 6.03 Å². The van der Waals surface area contributed by atoms with Crippen molar-refractivity contribution in [1.82, 2.24) is 19.9 Å². The number of amides is 2. The molecule has 9 heteroatoms. The van der Waals surface area contributed by atoms with Crippen molar-refractivity contribution in [3.8, 4) is 22.9 Å². The zero-order valence-electron chi connectivity index (χ0n) is 19.2. The molecule has 0 saturated heterocycles. The highest BCUT2D eigenvalue weighted by Gasteiger charge is 2.13. The molecule has 0 aliphatic carbocycles. The van der Waals surface area contributed by atoms with Gasteiger partial charge in [-0.05, 0) is 73.0 Å². The van der Waals surface area contributed by atoms with Crippen LogP contribution in [0, 0.1) is 6.92 Å². The van der Waals surface area contributed by atoms with E-state index in [1.54, 1.807) is 43.8 Å². The summed E-state index contributed by atoms with van der Waals surface area (Å²) >= 11 is 0. The molecule has 4 aromatic rings. The van der Waals surface area contributed by atoms with E-state index in [1.807, 2.05) is 44.2 Å². The Morgan fingerprint density at radius 1 is 0.971 bits per heavy atom. The second-order valence-corrected chi connectivity index (χ2v) is 7.44. The highest BCUT2D eigenvalue weighted by Crippen LogP contribution is 2.32. The van der Waals surface area contributed by atoms with Gasteiger partial charge < -0.3 is 15.4 Å². The van der Waals surface area contributed by atoms with Crippen molar-refractivity contribution in [3.05, 3.63) is 78.2 Å². The molecule has 0 saturated carbocycles. The first-order valence-electron chi connectivity index (χ1n) is 10.8. The molecule has 1 aromatic carbocycles. The molecule has 0 aliphatic rings. The van der Waals surface area contributed by atoms with Crippen LogP contribution in [0.25, 0.3) is 11.3 Å². The van der Waals surface area contributed by atoms with Gasteiger partial charge in [0.15, 0.2) is 0 Å². The van der Waals surface area contributed by atoms with Gasteiger partial charge in [0.05, 0.1) is 11.3 Å². The summed E-state index contributed by atoms with van der Waals surface area (Å²) in [4.78, 5) is 29.6. The zero-order chi connectivity index (χ0) is 23.9. The molecule has 0 atom stereocenters. The third kappa shape index (κ3) is 5.44. The molecule has 0 unspecified atom stereocenters. The smallest absolute Gasteiger partial charge is 0.324 e. The molecule has 4 rings (SSSR count). The number of ether oxygens (including phenoxy) is 1. The lowest BCUT2D eigenvalue weighted by Crippen LogP contribution is -2.20. The molecular formula is C25H25N7O2. The fourth-order valence-electron chi connectivity index (χ4n) is 3.28. The molecule has 3 heterocycles. The van der Waals surface area contributed by atoms with E-state index in [4.69, 9.17) is 4.74 Å². The van der Waals surface area contributed by atoms with Gasteiger partial charge in [0, 0.05) is 31.3 Å². The van der Waals surface area contributed by atoms with Crippen LogP contribution in [0.5, 0.6) is 11.6 Å². The minimum Gasteiger partial charge on any atom is -0.438 e. The molecule has 0 aliphatic heterocycles. The first-order valence-corrected chi connectivity index (χ1v) is 10.8. The van der Waals surface area contributed by atoms with Crippen LogP contribution in [-0.2, 0) is 6.42 Å². The molecule has 0 bridgehead atoms. The van der Waals surface area contributed by atoms with Gasteiger partial charge in [-0.25, -0.2) is 24.7 Å². The van der Waals surface area contributed by atoms with Crippen LogP contribution in [0.4, 0.5) is 22.2 Å². The van der Waals surface area contributed by atoms with E-state index >= 15 is 0 Å². The lowest BCUT2D eigenvalue weighted by atomic mass is 10.2. The van der Waals surface area contributed by atoms with E-state index in [0.717, 1.165) is 23.1 Å². The average Bonchev–Trinajstić information content (AvgIpc) is 2.86. The summed E-state index contributed by atoms with van der Waals surface area (Å²) in [6, 6.07) is 14.3. The number of anilines is 3. The molecule has 2 amide bonds. The van der Waals surface area contributed by atoms with Crippen molar-refractivity contribution in [2.24, 2.45) is 0 Å². The number of nitrogens with zero attached hydrogens (tertiary/aromatic N) is 4. The van der Waals surface area contributed by atoms with Gasteiger partial charge >= 0.3 is 6.03 Å². The van der Waals surface area contributed by atoms with E-state index in [9.17, 15) is 4.79 Å². The number of nitrogens with one attached hydrogen (secondary N) is 3. The number of hydrogen-bond acceptors (Lipinski definition) is 7. The topological polar surface area (TPSA) is 114 Å². The number of carbonyl (C=O) groups excluding carboxylic acids is 1. The number of rotatable bonds is 7. The molecule has 3 aromatic heterocycles. The number of carbonyl (C=O) groups is 1. The molecular weight excluding hydrogens is 430 g/mol. The SMILES string of the molecule is CCc1ccnc(NC(=O)Nc2ccc(Oc3ncccc3-c3ccnc(NC)n3)c(C)c2)c1. The quantitative estimate of drug-likeness (QED) is 0.347. The summed E-state index contributed by atoms with van der Waals surface area (Å²) in [5.41, 5.74) is 3.99. The van der Waals surface area contributed by atoms with Crippen LogP contribution in [0.1, 0.15) is 18.1 Å². The predicted octanol–water partition coefficient (Wildman–Crippen LogP) is 5.28. The standard InChI is InChI=1S/C25H25N7O2/c1-4-17-9-12-27-22(15-17)32-25(33)30-18-7-8-21(16(2)14-18)34-23-19(6-5-11-28-23)20-10-13-29-24(26-3)31-20/h5-15H,4H2,1-3H3,(H,26,29,31)(H2,27,30,32,33). The zero-order valence-corrected chi connectivity index (χ0v) is 19.2. The van der Waals surface area contributed by atoms with Gasteiger partial charge in [0.1, 0.15) is 11.6 Å². The fourth-order valence-corrected chi connectivity index (χ4v) is 3.28. The van der Waals surface area contributed by atoms with Crippen molar-refractivity contribution in [2.45, 2.75) is 20.3 Å². The highest BCUT2D eigenvalue weighted by atomic mass is 16.5. The Kier molecular flexibility index (Phi) is 6.92. The Morgan fingerprint density at radius 2 is 1.82 bits per heavy atom. The number of benzene rings is 1. The number of urea groups is 1. The van der Waals surface area contributed by atoms with Crippen LogP contribution in [0.15, 0.2) is 67.1 Å². The first kappa shape index (κ1) is 22.7. The van der Waals surface area contributed by atoms with Crippen molar-refractivity contribution in [1.29, 1.82) is 0 Å². The van der Waals surface area contributed by atoms with Gasteiger partial charge in [0.2, 0.25) is 11.8 Å². The lowest BCUT2D eigenvalue weighted by Gasteiger charge is -2.13. The van der Waals surface area contributed by atoms with Crippen LogP contribution in [0.3, 0.4) is 0 Å². The normalized spacial score (nSPS) is 10.4. The molecule has 0 spiro atoms. The van der Waals surface area contributed by atoms with Crippen molar-refractivity contribution < 1.29 is 9.53 Å². The molecule has 3 N–H and O–H groups in total. The maximum Gasteiger partial charge on any atom is 0.324 e. The average molecular weight is 456 g/mol. The van der Waals surface area contributed by atoms with Gasteiger partial charge in [-0.15, -0.1) is 0 Å². The summed E-state index contributed by atoms with van der Waals surface area (Å²) in [6.07, 6.45) is 5.88. The molecule has 34 heavy (non-hydrogen) atoms. The van der Waals surface area contributed by atoms with Crippen molar-refractivity contribution >= 4 is 23.5 Å². The Labute approximate surface area is 197 Å². The van der Waals surface area contributed by atoms with E-state index in [2.05, 4.69) is 35.9 Å². The van der Waals surface area contributed by atoms with Gasteiger partial charge in [-0.3, -0.25) is 5.32 Å². The van der Waals surface area contributed by atoms with Gasteiger partial charge in [-0.2, -0.15) is 0 Å². The largest absolute Gasteiger partial charge is 0.438 e. The monoisotopic (exact) mass is 455 g/mol. The summed E-state index contributed by atoms with van der Waals surface area (Å²) < 4.78 is 6.12. The third-order valence-corrected chi connectivity index (χ3v) is 5.04. The molecule has 0 radical (unpaired) electrons. The van der Waals surface area contributed by atoms with Crippen LogP contribution >= 0.6 is 0 Å².